The van der Waals surface area contributed by atoms with Crippen LogP contribution in [0.2, 0.25) is 0 Å². The summed E-state index contributed by atoms with van der Waals surface area (Å²) in [5.41, 5.74) is 7.87. The Morgan fingerprint density at radius 3 is 2.50 bits per heavy atom. The Morgan fingerprint density at radius 2 is 1.88 bits per heavy atom. The van der Waals surface area contributed by atoms with Crippen LogP contribution in [0.4, 0.5) is 0 Å². The normalized spacial score (nSPS) is 12.7. The molecule has 0 aliphatic rings. The van der Waals surface area contributed by atoms with Gasteiger partial charge in [0.25, 0.3) is 0 Å². The lowest BCUT2D eigenvalue weighted by atomic mass is 10.1. The molecule has 0 saturated carbocycles. The maximum absolute atomic E-state index is 9.62. The van der Waals surface area contributed by atoms with Gasteiger partial charge in [0, 0.05) is 16.3 Å². The largest absolute Gasteiger partial charge is 0.386 e. The molecule has 1 heterocycles. The summed E-state index contributed by atoms with van der Waals surface area (Å²) in [6.45, 7) is 2.34. The molecule has 1 aromatic heterocycles. The summed E-state index contributed by atoms with van der Waals surface area (Å²) in [6.07, 6.45) is -0.538. The van der Waals surface area contributed by atoms with E-state index in [1.165, 1.54) is 16.0 Å². The Labute approximate surface area is 99.4 Å². The zero-order chi connectivity index (χ0) is 11.5. The standard InChI is InChI=1S/C13H15NOS/c1-9-2-4-10(5-3-9)12-6-7-13(16-12)11(15)8-14/h2-7,11,15H,8,14H2,1H3. The zero-order valence-electron chi connectivity index (χ0n) is 9.18. The first kappa shape index (κ1) is 11.3. The topological polar surface area (TPSA) is 46.2 Å². The lowest BCUT2D eigenvalue weighted by Gasteiger charge is -2.03. The molecule has 1 atom stereocenters. The van der Waals surface area contributed by atoms with E-state index in [0.29, 0.717) is 0 Å². The van der Waals surface area contributed by atoms with E-state index in [9.17, 15) is 5.11 Å². The van der Waals surface area contributed by atoms with E-state index in [1.54, 1.807) is 11.3 Å². The lowest BCUT2D eigenvalue weighted by molar-refractivity contribution is 0.190. The van der Waals surface area contributed by atoms with Gasteiger partial charge in [0.05, 0.1) is 0 Å². The van der Waals surface area contributed by atoms with Gasteiger partial charge in [0.2, 0.25) is 0 Å². The fraction of sp³-hybridized carbons (Fsp3) is 0.231. The highest BCUT2D eigenvalue weighted by Gasteiger charge is 2.09. The van der Waals surface area contributed by atoms with Crippen LogP contribution in [-0.4, -0.2) is 11.7 Å². The second-order valence-electron chi connectivity index (χ2n) is 3.82. The van der Waals surface area contributed by atoms with Gasteiger partial charge in [-0.05, 0) is 24.6 Å². The third-order valence-corrected chi connectivity index (χ3v) is 3.75. The number of benzene rings is 1. The number of thiophene rings is 1. The van der Waals surface area contributed by atoms with Gasteiger partial charge in [0.15, 0.2) is 0 Å². The van der Waals surface area contributed by atoms with Crippen LogP contribution in [0.25, 0.3) is 10.4 Å². The first-order valence-electron chi connectivity index (χ1n) is 5.25. The summed E-state index contributed by atoms with van der Waals surface area (Å²) >= 11 is 1.59. The van der Waals surface area contributed by atoms with Gasteiger partial charge in [0.1, 0.15) is 6.10 Å². The summed E-state index contributed by atoms with van der Waals surface area (Å²) in [4.78, 5) is 2.10. The van der Waals surface area contributed by atoms with Gasteiger partial charge in [-0.25, -0.2) is 0 Å². The molecule has 0 saturated heterocycles. The molecular weight excluding hydrogens is 218 g/mol. The molecule has 0 aliphatic carbocycles. The predicted molar refractivity (Wildman–Crippen MR) is 68.5 cm³/mol. The summed E-state index contributed by atoms with van der Waals surface area (Å²) < 4.78 is 0. The SMILES string of the molecule is Cc1ccc(-c2ccc(C(O)CN)s2)cc1. The number of hydrogen-bond donors (Lipinski definition) is 2. The summed E-state index contributed by atoms with van der Waals surface area (Å²) in [5.74, 6) is 0. The number of nitrogens with two attached hydrogens (primary N) is 1. The second-order valence-corrected chi connectivity index (χ2v) is 4.93. The van der Waals surface area contributed by atoms with Crippen molar-refractivity contribution in [1.82, 2.24) is 0 Å². The lowest BCUT2D eigenvalue weighted by Crippen LogP contribution is -2.09. The Balaban J connectivity index is 2.28. The zero-order valence-corrected chi connectivity index (χ0v) is 10.00. The van der Waals surface area contributed by atoms with Crippen LogP contribution >= 0.6 is 11.3 Å². The van der Waals surface area contributed by atoms with Gasteiger partial charge in [-0.2, -0.15) is 0 Å². The predicted octanol–water partition coefficient (Wildman–Crippen LogP) is 2.72. The van der Waals surface area contributed by atoms with E-state index >= 15 is 0 Å². The number of hydrogen-bond acceptors (Lipinski definition) is 3. The van der Waals surface area contributed by atoms with Crippen LogP contribution in [-0.2, 0) is 0 Å². The van der Waals surface area contributed by atoms with Crippen LogP contribution in [0.1, 0.15) is 16.5 Å². The van der Waals surface area contributed by atoms with Crippen molar-refractivity contribution in [3.8, 4) is 10.4 Å². The molecule has 0 amide bonds. The molecule has 2 rings (SSSR count). The van der Waals surface area contributed by atoms with Gasteiger partial charge in [-0.1, -0.05) is 29.8 Å². The molecule has 2 nitrogen and oxygen atoms in total. The minimum atomic E-state index is -0.538. The fourth-order valence-electron chi connectivity index (χ4n) is 1.52. The Bertz CT molecular complexity index is 461. The molecule has 2 aromatic rings. The smallest absolute Gasteiger partial charge is 0.100 e. The van der Waals surface area contributed by atoms with Crippen molar-refractivity contribution in [2.75, 3.05) is 6.54 Å². The highest BCUT2D eigenvalue weighted by molar-refractivity contribution is 7.15. The Hall–Kier alpha value is -1.16. The molecule has 0 bridgehead atoms. The van der Waals surface area contributed by atoms with E-state index in [0.717, 1.165) is 4.88 Å². The van der Waals surface area contributed by atoms with E-state index in [1.807, 2.05) is 12.1 Å². The molecule has 1 aromatic carbocycles. The number of aliphatic hydroxyl groups is 1. The molecule has 1 unspecified atom stereocenters. The van der Waals surface area contributed by atoms with Crippen LogP contribution in [0.5, 0.6) is 0 Å². The van der Waals surface area contributed by atoms with E-state index in [4.69, 9.17) is 5.73 Å². The first-order chi connectivity index (χ1) is 7.70. The molecule has 84 valence electrons. The summed E-state index contributed by atoms with van der Waals surface area (Å²) in [5, 5.41) is 9.62. The fourth-order valence-corrected chi connectivity index (χ4v) is 2.53. The second kappa shape index (κ2) is 4.78. The number of rotatable bonds is 3. The quantitative estimate of drug-likeness (QED) is 0.856. The molecule has 3 N–H and O–H groups in total. The minimum Gasteiger partial charge on any atom is -0.386 e. The average Bonchev–Trinajstić information content (AvgIpc) is 2.78. The molecule has 0 spiro atoms. The minimum absolute atomic E-state index is 0.272. The Morgan fingerprint density at radius 1 is 1.19 bits per heavy atom. The van der Waals surface area contributed by atoms with Crippen molar-refractivity contribution in [1.29, 1.82) is 0 Å². The van der Waals surface area contributed by atoms with Crippen molar-refractivity contribution in [2.24, 2.45) is 5.73 Å². The van der Waals surface area contributed by atoms with Crippen molar-refractivity contribution < 1.29 is 5.11 Å². The van der Waals surface area contributed by atoms with E-state index in [2.05, 4.69) is 31.2 Å². The maximum Gasteiger partial charge on any atom is 0.100 e. The van der Waals surface area contributed by atoms with E-state index in [-0.39, 0.29) is 6.54 Å². The summed E-state index contributed by atoms with van der Waals surface area (Å²) in [6, 6.07) is 12.3. The molecule has 3 heteroatoms. The van der Waals surface area contributed by atoms with Gasteiger partial charge in [-0.3, -0.25) is 0 Å². The first-order valence-corrected chi connectivity index (χ1v) is 6.07. The van der Waals surface area contributed by atoms with Gasteiger partial charge < -0.3 is 10.8 Å². The van der Waals surface area contributed by atoms with Gasteiger partial charge in [-0.15, -0.1) is 11.3 Å². The van der Waals surface area contributed by atoms with Crippen molar-refractivity contribution in [3.05, 3.63) is 46.8 Å². The monoisotopic (exact) mass is 233 g/mol. The molecular formula is C13H15NOS. The number of aliphatic hydroxyl groups excluding tert-OH is 1. The highest BCUT2D eigenvalue weighted by atomic mass is 32.1. The average molecular weight is 233 g/mol. The Kier molecular flexibility index (Phi) is 3.39. The molecule has 16 heavy (non-hydrogen) atoms. The van der Waals surface area contributed by atoms with Crippen molar-refractivity contribution in [3.63, 3.8) is 0 Å². The maximum atomic E-state index is 9.62. The third-order valence-electron chi connectivity index (χ3n) is 2.51. The summed E-state index contributed by atoms with van der Waals surface area (Å²) in [7, 11) is 0. The van der Waals surface area contributed by atoms with E-state index < -0.39 is 6.10 Å². The van der Waals surface area contributed by atoms with Crippen LogP contribution in [0.15, 0.2) is 36.4 Å². The van der Waals surface area contributed by atoms with Gasteiger partial charge >= 0.3 is 0 Å². The molecule has 0 fully saturated rings. The van der Waals surface area contributed by atoms with Crippen molar-refractivity contribution in [2.45, 2.75) is 13.0 Å². The highest BCUT2D eigenvalue weighted by Crippen LogP contribution is 2.31. The van der Waals surface area contributed by atoms with Crippen LogP contribution in [0.3, 0.4) is 0 Å². The third kappa shape index (κ3) is 2.32. The number of aryl methyl sites for hydroxylation is 1. The van der Waals surface area contributed by atoms with Crippen LogP contribution < -0.4 is 5.73 Å². The van der Waals surface area contributed by atoms with Crippen LogP contribution in [0, 0.1) is 6.92 Å². The molecule has 0 aliphatic heterocycles. The van der Waals surface area contributed by atoms with Crippen molar-refractivity contribution >= 4 is 11.3 Å². The molecule has 0 radical (unpaired) electrons.